The number of ether oxygens (including phenoxy) is 1. The highest BCUT2D eigenvalue weighted by molar-refractivity contribution is 5.92. The highest BCUT2D eigenvalue weighted by atomic mass is 16.5. The molecule has 0 aliphatic rings. The quantitative estimate of drug-likeness (QED) is 0.791. The summed E-state index contributed by atoms with van der Waals surface area (Å²) in [4.78, 5) is 13.5. The molecule has 0 fully saturated rings. The first-order valence-electron chi connectivity index (χ1n) is 5.81. The summed E-state index contributed by atoms with van der Waals surface area (Å²) >= 11 is 0. The van der Waals surface area contributed by atoms with Gasteiger partial charge in [0.1, 0.15) is 5.75 Å². The van der Waals surface area contributed by atoms with Crippen molar-refractivity contribution < 1.29 is 14.6 Å². The lowest BCUT2D eigenvalue weighted by molar-refractivity contribution is -0.117. The Bertz CT molecular complexity index is 394. The molecule has 0 aliphatic heterocycles. The Kier molecular flexibility index (Phi) is 5.61. The second-order valence-electron chi connectivity index (χ2n) is 4.33. The number of carbonyl (C=O) groups is 1. The van der Waals surface area contributed by atoms with E-state index in [9.17, 15) is 9.90 Å². The highest BCUT2D eigenvalue weighted by Gasteiger charge is 2.09. The molecule has 1 rings (SSSR count). The van der Waals surface area contributed by atoms with Crippen molar-refractivity contribution in [2.75, 3.05) is 32.6 Å². The molecule has 0 spiro atoms. The first-order valence-corrected chi connectivity index (χ1v) is 5.81. The fourth-order valence-electron chi connectivity index (χ4n) is 1.66. The summed E-state index contributed by atoms with van der Waals surface area (Å²) < 4.78 is 5.08. The van der Waals surface area contributed by atoms with Crippen LogP contribution in [0.3, 0.4) is 0 Å². The summed E-state index contributed by atoms with van der Waals surface area (Å²) in [5, 5.41) is 12.0. The van der Waals surface area contributed by atoms with Gasteiger partial charge in [-0.3, -0.25) is 9.69 Å². The highest BCUT2D eigenvalue weighted by Crippen LogP contribution is 2.16. The maximum Gasteiger partial charge on any atom is 0.238 e. The van der Waals surface area contributed by atoms with E-state index in [1.54, 1.807) is 38.1 Å². The van der Waals surface area contributed by atoms with Gasteiger partial charge in [0.05, 0.1) is 19.8 Å². The summed E-state index contributed by atoms with van der Waals surface area (Å²) in [5.41, 5.74) is 0.699. The third kappa shape index (κ3) is 5.16. The molecule has 1 aromatic rings. The third-order valence-electron chi connectivity index (χ3n) is 2.34. The number of aliphatic hydroxyl groups excluding tert-OH is 1. The van der Waals surface area contributed by atoms with Crippen molar-refractivity contribution in [1.82, 2.24) is 4.90 Å². The van der Waals surface area contributed by atoms with Crippen molar-refractivity contribution in [2.24, 2.45) is 0 Å². The Labute approximate surface area is 107 Å². The zero-order valence-electron chi connectivity index (χ0n) is 11.0. The van der Waals surface area contributed by atoms with E-state index in [4.69, 9.17) is 4.74 Å². The Morgan fingerprint density at radius 3 is 2.89 bits per heavy atom. The predicted molar refractivity (Wildman–Crippen MR) is 70.8 cm³/mol. The molecule has 1 amide bonds. The van der Waals surface area contributed by atoms with Gasteiger partial charge in [0.25, 0.3) is 0 Å². The van der Waals surface area contributed by atoms with Crippen LogP contribution >= 0.6 is 0 Å². The molecule has 0 saturated heterocycles. The largest absolute Gasteiger partial charge is 0.497 e. The Morgan fingerprint density at radius 1 is 1.56 bits per heavy atom. The molecule has 0 heterocycles. The van der Waals surface area contributed by atoms with Crippen molar-refractivity contribution in [3.05, 3.63) is 24.3 Å². The molecule has 0 bridgehead atoms. The van der Waals surface area contributed by atoms with Gasteiger partial charge in [-0.15, -0.1) is 0 Å². The number of methoxy groups -OCH3 is 1. The van der Waals surface area contributed by atoms with Crippen LogP contribution in [0.4, 0.5) is 5.69 Å². The molecule has 0 radical (unpaired) electrons. The van der Waals surface area contributed by atoms with Crippen LogP contribution in [0.15, 0.2) is 24.3 Å². The van der Waals surface area contributed by atoms with Gasteiger partial charge >= 0.3 is 0 Å². The van der Waals surface area contributed by atoms with Crippen molar-refractivity contribution >= 4 is 11.6 Å². The molecular formula is C13H20N2O3. The minimum atomic E-state index is -0.445. The van der Waals surface area contributed by atoms with Crippen LogP contribution < -0.4 is 10.1 Å². The van der Waals surface area contributed by atoms with Crippen LogP contribution in [-0.4, -0.2) is 49.3 Å². The molecule has 5 heteroatoms. The molecule has 18 heavy (non-hydrogen) atoms. The number of likely N-dealkylation sites (N-methyl/N-ethyl adjacent to an activating group) is 1. The Balaban J connectivity index is 2.48. The molecular weight excluding hydrogens is 232 g/mol. The zero-order chi connectivity index (χ0) is 13.5. The van der Waals surface area contributed by atoms with Crippen molar-refractivity contribution in [2.45, 2.75) is 13.0 Å². The van der Waals surface area contributed by atoms with E-state index in [2.05, 4.69) is 5.32 Å². The van der Waals surface area contributed by atoms with Gasteiger partial charge in [0, 0.05) is 18.3 Å². The van der Waals surface area contributed by atoms with Crippen LogP contribution in [0.2, 0.25) is 0 Å². The molecule has 0 aliphatic carbocycles. The van der Waals surface area contributed by atoms with Gasteiger partial charge in [-0.25, -0.2) is 0 Å². The van der Waals surface area contributed by atoms with Gasteiger partial charge < -0.3 is 15.2 Å². The van der Waals surface area contributed by atoms with E-state index in [0.717, 1.165) is 0 Å². The van der Waals surface area contributed by atoms with Crippen LogP contribution in [0.25, 0.3) is 0 Å². The molecule has 1 atom stereocenters. The topological polar surface area (TPSA) is 61.8 Å². The SMILES string of the molecule is COc1cccc(NC(=O)CN(C)CC(C)O)c1. The molecule has 5 nitrogen and oxygen atoms in total. The lowest BCUT2D eigenvalue weighted by atomic mass is 10.3. The van der Waals surface area contributed by atoms with Gasteiger partial charge in [-0.05, 0) is 26.1 Å². The van der Waals surface area contributed by atoms with E-state index in [1.165, 1.54) is 0 Å². The van der Waals surface area contributed by atoms with Gasteiger partial charge in [0.15, 0.2) is 0 Å². The number of rotatable bonds is 6. The fraction of sp³-hybridized carbons (Fsp3) is 0.462. The predicted octanol–water partition coefficient (Wildman–Crippen LogP) is 0.946. The monoisotopic (exact) mass is 252 g/mol. The third-order valence-corrected chi connectivity index (χ3v) is 2.34. The minimum Gasteiger partial charge on any atom is -0.497 e. The summed E-state index contributed by atoms with van der Waals surface area (Å²) in [5.74, 6) is 0.580. The first kappa shape index (κ1) is 14.5. The molecule has 2 N–H and O–H groups in total. The number of anilines is 1. The first-order chi connectivity index (χ1) is 8.51. The molecule has 1 aromatic carbocycles. The Hall–Kier alpha value is -1.59. The zero-order valence-corrected chi connectivity index (χ0v) is 11.0. The van der Waals surface area contributed by atoms with Crippen LogP contribution in [-0.2, 0) is 4.79 Å². The fourth-order valence-corrected chi connectivity index (χ4v) is 1.66. The summed E-state index contributed by atoms with van der Waals surface area (Å²) in [7, 11) is 3.37. The number of carbonyl (C=O) groups excluding carboxylic acids is 1. The van der Waals surface area contributed by atoms with Crippen LogP contribution in [0.1, 0.15) is 6.92 Å². The van der Waals surface area contributed by atoms with Crippen LogP contribution in [0.5, 0.6) is 5.75 Å². The Morgan fingerprint density at radius 2 is 2.28 bits per heavy atom. The van der Waals surface area contributed by atoms with E-state index < -0.39 is 6.10 Å². The second kappa shape index (κ2) is 6.98. The average molecular weight is 252 g/mol. The number of amides is 1. The maximum absolute atomic E-state index is 11.7. The summed E-state index contributed by atoms with van der Waals surface area (Å²) in [6.45, 7) is 2.39. The molecule has 0 saturated carbocycles. The van der Waals surface area contributed by atoms with Gasteiger partial charge in [0.2, 0.25) is 5.91 Å². The van der Waals surface area contributed by atoms with Crippen molar-refractivity contribution in [3.8, 4) is 5.75 Å². The number of hydrogen-bond acceptors (Lipinski definition) is 4. The van der Waals surface area contributed by atoms with E-state index in [-0.39, 0.29) is 12.5 Å². The number of nitrogens with one attached hydrogen (secondary N) is 1. The van der Waals surface area contributed by atoms with Gasteiger partial charge in [-0.1, -0.05) is 6.07 Å². The van der Waals surface area contributed by atoms with E-state index >= 15 is 0 Å². The molecule has 0 aromatic heterocycles. The second-order valence-corrected chi connectivity index (χ2v) is 4.33. The minimum absolute atomic E-state index is 0.119. The normalized spacial score (nSPS) is 12.3. The number of hydrogen-bond donors (Lipinski definition) is 2. The summed E-state index contributed by atoms with van der Waals surface area (Å²) in [6.07, 6.45) is -0.445. The number of benzene rings is 1. The van der Waals surface area contributed by atoms with Crippen molar-refractivity contribution in [3.63, 3.8) is 0 Å². The molecule has 1 unspecified atom stereocenters. The lowest BCUT2D eigenvalue weighted by Gasteiger charge is -2.17. The van der Waals surface area contributed by atoms with Crippen LogP contribution in [0, 0.1) is 0 Å². The van der Waals surface area contributed by atoms with Gasteiger partial charge in [-0.2, -0.15) is 0 Å². The smallest absolute Gasteiger partial charge is 0.238 e. The lowest BCUT2D eigenvalue weighted by Crippen LogP contribution is -2.34. The number of aliphatic hydroxyl groups is 1. The standard InChI is InChI=1S/C13H20N2O3/c1-10(16)8-15(2)9-13(17)14-11-5-4-6-12(7-11)18-3/h4-7,10,16H,8-9H2,1-3H3,(H,14,17). The summed E-state index contributed by atoms with van der Waals surface area (Å²) in [6, 6.07) is 7.19. The van der Waals surface area contributed by atoms with E-state index in [1.807, 2.05) is 12.1 Å². The van der Waals surface area contributed by atoms with E-state index in [0.29, 0.717) is 18.0 Å². The molecule has 100 valence electrons. The average Bonchev–Trinajstić information content (AvgIpc) is 2.27. The maximum atomic E-state index is 11.7. The number of nitrogens with zero attached hydrogens (tertiary/aromatic N) is 1. The van der Waals surface area contributed by atoms with Crippen molar-refractivity contribution in [1.29, 1.82) is 0 Å².